The molecule has 1 aromatic carbocycles. The van der Waals surface area contributed by atoms with Crippen molar-refractivity contribution >= 4 is 17.3 Å². The second kappa shape index (κ2) is 7.51. The molecule has 1 N–H and O–H groups in total. The first-order valence-corrected chi connectivity index (χ1v) is 8.61. The molecule has 1 atom stereocenters. The minimum atomic E-state index is -0.466. The van der Waals surface area contributed by atoms with Crippen LogP contribution in [0.3, 0.4) is 0 Å². The van der Waals surface area contributed by atoms with Gasteiger partial charge in [0.25, 0.3) is 0 Å². The molecule has 0 heterocycles. The zero-order valence-electron chi connectivity index (χ0n) is 13.5. The highest BCUT2D eigenvalue weighted by molar-refractivity contribution is 6.33. The highest BCUT2D eigenvalue weighted by Gasteiger charge is 2.24. The summed E-state index contributed by atoms with van der Waals surface area (Å²) in [6.45, 7) is 7.38. The second-order valence-corrected chi connectivity index (χ2v) is 7.11. The highest BCUT2D eigenvalue weighted by atomic mass is 35.5. The first-order chi connectivity index (χ1) is 9.99. The first-order valence-electron chi connectivity index (χ1n) is 8.23. The van der Waals surface area contributed by atoms with Crippen LogP contribution in [-0.4, -0.2) is 17.7 Å². The van der Waals surface area contributed by atoms with Gasteiger partial charge in [0.2, 0.25) is 0 Å². The van der Waals surface area contributed by atoms with Crippen LogP contribution < -0.4 is 4.90 Å². The van der Waals surface area contributed by atoms with E-state index in [0.29, 0.717) is 12.0 Å². The van der Waals surface area contributed by atoms with Crippen molar-refractivity contribution in [1.82, 2.24) is 0 Å². The lowest BCUT2D eigenvalue weighted by Crippen LogP contribution is -2.35. The maximum absolute atomic E-state index is 9.69. The summed E-state index contributed by atoms with van der Waals surface area (Å²) >= 11 is 6.51. The maximum Gasteiger partial charge on any atom is 0.0762 e. The van der Waals surface area contributed by atoms with Crippen molar-refractivity contribution in [2.45, 2.75) is 65.0 Å². The molecule has 3 heteroatoms. The summed E-state index contributed by atoms with van der Waals surface area (Å²) < 4.78 is 0. The first kappa shape index (κ1) is 16.6. The number of halogens is 1. The van der Waals surface area contributed by atoms with Gasteiger partial charge in [-0.25, -0.2) is 0 Å². The van der Waals surface area contributed by atoms with Gasteiger partial charge in [-0.3, -0.25) is 0 Å². The molecule has 0 unspecified atom stereocenters. The van der Waals surface area contributed by atoms with E-state index >= 15 is 0 Å². The summed E-state index contributed by atoms with van der Waals surface area (Å²) in [6, 6.07) is 6.63. The van der Waals surface area contributed by atoms with E-state index in [1.54, 1.807) is 6.92 Å². The fourth-order valence-electron chi connectivity index (χ4n) is 3.13. The molecule has 1 aliphatic rings. The summed E-state index contributed by atoms with van der Waals surface area (Å²) in [5.74, 6) is 0.699. The van der Waals surface area contributed by atoms with Crippen LogP contribution in [0.15, 0.2) is 18.2 Å². The molecule has 1 aromatic rings. The fourth-order valence-corrected chi connectivity index (χ4v) is 3.43. The Balaban J connectivity index is 2.22. The monoisotopic (exact) mass is 309 g/mol. The third-order valence-electron chi connectivity index (χ3n) is 4.48. The minimum absolute atomic E-state index is 0.466. The molecule has 0 spiro atoms. The molecule has 2 nitrogen and oxygen atoms in total. The normalized spacial score (nSPS) is 17.4. The van der Waals surface area contributed by atoms with Crippen molar-refractivity contribution in [3.8, 4) is 0 Å². The van der Waals surface area contributed by atoms with Gasteiger partial charge in [-0.15, -0.1) is 0 Å². The van der Waals surface area contributed by atoms with Gasteiger partial charge >= 0.3 is 0 Å². The molecular formula is C18H28ClNO. The fraction of sp³-hybridized carbons (Fsp3) is 0.667. The Kier molecular flexibility index (Phi) is 5.95. The number of benzene rings is 1. The topological polar surface area (TPSA) is 23.5 Å². The number of nitrogens with zero attached hydrogens (tertiary/aromatic N) is 1. The molecular weight excluding hydrogens is 282 g/mol. The molecule has 1 fully saturated rings. The van der Waals surface area contributed by atoms with Crippen LogP contribution in [-0.2, 0) is 0 Å². The molecule has 118 valence electrons. The van der Waals surface area contributed by atoms with Gasteiger partial charge in [-0.1, -0.05) is 44.4 Å². The van der Waals surface area contributed by atoms with Gasteiger partial charge in [0.05, 0.1) is 16.8 Å². The molecule has 0 aromatic heterocycles. The van der Waals surface area contributed by atoms with E-state index in [1.807, 2.05) is 12.1 Å². The van der Waals surface area contributed by atoms with Crippen LogP contribution >= 0.6 is 11.6 Å². The number of hydrogen-bond acceptors (Lipinski definition) is 2. The highest BCUT2D eigenvalue weighted by Crippen LogP contribution is 2.34. The zero-order chi connectivity index (χ0) is 15.4. The van der Waals surface area contributed by atoms with Crippen molar-refractivity contribution < 1.29 is 5.11 Å². The Bertz CT molecular complexity index is 453. The van der Waals surface area contributed by atoms with Gasteiger partial charge < -0.3 is 10.0 Å². The summed E-state index contributed by atoms with van der Waals surface area (Å²) in [5, 5.41) is 10.5. The molecule has 0 bridgehead atoms. The summed E-state index contributed by atoms with van der Waals surface area (Å²) in [7, 11) is 0. The number of aliphatic hydroxyl groups is 1. The van der Waals surface area contributed by atoms with Crippen molar-refractivity contribution in [3.05, 3.63) is 28.8 Å². The summed E-state index contributed by atoms with van der Waals surface area (Å²) in [6.07, 6.45) is 5.91. The number of hydrogen-bond donors (Lipinski definition) is 1. The smallest absolute Gasteiger partial charge is 0.0762 e. The van der Waals surface area contributed by atoms with E-state index in [1.165, 1.54) is 32.1 Å². The van der Waals surface area contributed by atoms with E-state index in [9.17, 15) is 5.11 Å². The van der Waals surface area contributed by atoms with E-state index in [2.05, 4.69) is 24.8 Å². The standard InChI is InChI=1S/C18H28ClNO/c1-13(2)10-11-20(16-6-4-5-7-16)18-9-8-15(14(3)21)12-17(18)19/h8-9,12-14,16,21H,4-7,10-11H2,1-3H3/t14-/m0/s1. The third kappa shape index (κ3) is 4.37. The Labute approximate surface area is 134 Å². The van der Waals surface area contributed by atoms with E-state index in [0.717, 1.165) is 22.8 Å². The molecule has 0 saturated heterocycles. The van der Waals surface area contributed by atoms with Gasteiger partial charge in [0.1, 0.15) is 0 Å². The predicted molar refractivity (Wildman–Crippen MR) is 91.1 cm³/mol. The van der Waals surface area contributed by atoms with Crippen LogP contribution in [0.1, 0.15) is 64.5 Å². The quantitative estimate of drug-likeness (QED) is 0.782. The summed E-state index contributed by atoms with van der Waals surface area (Å²) in [4.78, 5) is 2.50. The average molecular weight is 310 g/mol. The predicted octanol–water partition coefficient (Wildman–Crippen LogP) is 5.19. The molecule has 1 saturated carbocycles. The largest absolute Gasteiger partial charge is 0.389 e. The lowest BCUT2D eigenvalue weighted by atomic mass is 10.1. The molecule has 0 aliphatic heterocycles. The van der Waals surface area contributed by atoms with Crippen LogP contribution in [0.5, 0.6) is 0 Å². The van der Waals surface area contributed by atoms with Crippen LogP contribution in [0.2, 0.25) is 5.02 Å². The number of anilines is 1. The minimum Gasteiger partial charge on any atom is -0.389 e. The molecule has 21 heavy (non-hydrogen) atoms. The van der Waals surface area contributed by atoms with Crippen LogP contribution in [0.4, 0.5) is 5.69 Å². The van der Waals surface area contributed by atoms with E-state index in [4.69, 9.17) is 11.6 Å². The lowest BCUT2D eigenvalue weighted by molar-refractivity contribution is 0.199. The van der Waals surface area contributed by atoms with Gasteiger partial charge in [0.15, 0.2) is 0 Å². The second-order valence-electron chi connectivity index (χ2n) is 6.70. The molecule has 0 radical (unpaired) electrons. The van der Waals surface area contributed by atoms with Crippen molar-refractivity contribution in [2.75, 3.05) is 11.4 Å². The van der Waals surface area contributed by atoms with Gasteiger partial charge in [-0.05, 0) is 49.8 Å². The number of rotatable bonds is 6. The van der Waals surface area contributed by atoms with Gasteiger partial charge in [-0.2, -0.15) is 0 Å². The van der Waals surface area contributed by atoms with Gasteiger partial charge in [0, 0.05) is 12.6 Å². The Hall–Kier alpha value is -0.730. The van der Waals surface area contributed by atoms with E-state index in [-0.39, 0.29) is 0 Å². The van der Waals surface area contributed by atoms with Crippen molar-refractivity contribution in [1.29, 1.82) is 0 Å². The Morgan fingerprint density at radius 1 is 1.24 bits per heavy atom. The van der Waals surface area contributed by atoms with Crippen molar-refractivity contribution in [3.63, 3.8) is 0 Å². The molecule has 1 aliphatic carbocycles. The average Bonchev–Trinajstić information content (AvgIpc) is 2.94. The Morgan fingerprint density at radius 2 is 1.90 bits per heavy atom. The summed E-state index contributed by atoms with van der Waals surface area (Å²) in [5.41, 5.74) is 2.02. The molecule has 0 amide bonds. The lowest BCUT2D eigenvalue weighted by Gasteiger charge is -2.33. The van der Waals surface area contributed by atoms with Crippen LogP contribution in [0, 0.1) is 5.92 Å². The third-order valence-corrected chi connectivity index (χ3v) is 4.78. The SMILES string of the molecule is CC(C)CCN(c1ccc([C@H](C)O)cc1Cl)C1CCCC1. The Morgan fingerprint density at radius 3 is 2.43 bits per heavy atom. The molecule has 2 rings (SSSR count). The number of aliphatic hydroxyl groups excluding tert-OH is 1. The van der Waals surface area contributed by atoms with E-state index < -0.39 is 6.10 Å². The van der Waals surface area contributed by atoms with Crippen molar-refractivity contribution in [2.24, 2.45) is 5.92 Å². The zero-order valence-corrected chi connectivity index (χ0v) is 14.2. The van der Waals surface area contributed by atoms with Crippen LogP contribution in [0.25, 0.3) is 0 Å². The maximum atomic E-state index is 9.69.